The zero-order valence-electron chi connectivity index (χ0n) is 19.4. The lowest BCUT2D eigenvalue weighted by molar-refractivity contribution is -0.384. The predicted octanol–water partition coefficient (Wildman–Crippen LogP) is 2.30. The third-order valence-corrected chi connectivity index (χ3v) is 5.21. The first-order chi connectivity index (χ1) is 16.0. The number of hydrogen-bond donors (Lipinski definition) is 1. The average Bonchev–Trinajstić information content (AvgIpc) is 2.89. The van der Waals surface area contributed by atoms with Gasteiger partial charge in [0.15, 0.2) is 0 Å². The summed E-state index contributed by atoms with van der Waals surface area (Å²) >= 11 is 0. The maximum Gasteiger partial charge on any atom is 0.326 e. The van der Waals surface area contributed by atoms with E-state index in [9.17, 15) is 24.5 Å². The van der Waals surface area contributed by atoms with Crippen molar-refractivity contribution < 1.29 is 24.0 Å². The van der Waals surface area contributed by atoms with Crippen LogP contribution in [0.5, 0.6) is 0 Å². The molecule has 0 saturated carbocycles. The van der Waals surface area contributed by atoms with Gasteiger partial charge in [0.25, 0.3) is 11.6 Å². The lowest BCUT2D eigenvalue weighted by Gasteiger charge is -2.26. The van der Waals surface area contributed by atoms with Crippen molar-refractivity contribution in [2.24, 2.45) is 5.73 Å². The Hall–Kier alpha value is -3.79. The number of anilines is 1. The highest BCUT2D eigenvalue weighted by Gasteiger charge is 2.34. The fourth-order valence-electron chi connectivity index (χ4n) is 3.72. The fourth-order valence-corrected chi connectivity index (χ4v) is 3.72. The molecule has 3 rings (SSSR count). The van der Waals surface area contributed by atoms with E-state index in [1.54, 1.807) is 20.8 Å². The third-order valence-electron chi connectivity index (χ3n) is 5.21. The van der Waals surface area contributed by atoms with Crippen molar-refractivity contribution in [3.8, 4) is 0 Å². The number of rotatable bonds is 6. The molecule has 10 nitrogen and oxygen atoms in total. The second-order valence-corrected chi connectivity index (χ2v) is 9.06. The van der Waals surface area contributed by atoms with Gasteiger partial charge < -0.3 is 20.3 Å². The van der Waals surface area contributed by atoms with Gasteiger partial charge in [0, 0.05) is 25.2 Å². The molecule has 1 aliphatic heterocycles. The number of carbonyl (C=O) groups excluding carboxylic acids is 3. The Bertz CT molecular complexity index is 1100. The van der Waals surface area contributed by atoms with Crippen molar-refractivity contribution >= 4 is 29.2 Å². The molecule has 2 aromatic carbocycles. The molecular weight excluding hydrogens is 440 g/mol. The molecule has 0 bridgehead atoms. The number of benzene rings is 2. The topological polar surface area (TPSA) is 136 Å². The average molecular weight is 469 g/mol. The highest BCUT2D eigenvalue weighted by molar-refractivity contribution is 6.08. The van der Waals surface area contributed by atoms with E-state index in [1.807, 2.05) is 30.3 Å². The maximum atomic E-state index is 13.3. The summed E-state index contributed by atoms with van der Waals surface area (Å²) in [5, 5.41) is 11.3. The van der Waals surface area contributed by atoms with Crippen LogP contribution in [0.2, 0.25) is 0 Å². The normalized spacial score (nSPS) is 14.8. The number of non-ortho nitro benzene ring substituents is 1. The van der Waals surface area contributed by atoms with E-state index in [4.69, 9.17) is 10.5 Å². The second-order valence-electron chi connectivity index (χ2n) is 9.06. The molecule has 180 valence electrons. The van der Waals surface area contributed by atoms with Gasteiger partial charge in [-0.2, -0.15) is 0 Å². The van der Waals surface area contributed by atoms with E-state index in [2.05, 4.69) is 0 Å². The number of nitrogens with zero attached hydrogens (tertiary/aromatic N) is 3. The summed E-state index contributed by atoms with van der Waals surface area (Å²) in [5.41, 5.74) is 6.23. The Morgan fingerprint density at radius 1 is 1.15 bits per heavy atom. The van der Waals surface area contributed by atoms with Gasteiger partial charge in [-0.15, -0.1) is 0 Å². The minimum atomic E-state index is -0.891. The molecule has 2 amide bonds. The molecule has 1 heterocycles. The molecular formula is C24H28N4O6. The van der Waals surface area contributed by atoms with E-state index in [0.717, 1.165) is 11.6 Å². The van der Waals surface area contributed by atoms with Crippen molar-refractivity contribution in [2.45, 2.75) is 38.8 Å². The van der Waals surface area contributed by atoms with Crippen LogP contribution in [0.3, 0.4) is 0 Å². The summed E-state index contributed by atoms with van der Waals surface area (Å²) < 4.78 is 5.32. The molecule has 2 aromatic rings. The van der Waals surface area contributed by atoms with Crippen LogP contribution < -0.4 is 10.6 Å². The van der Waals surface area contributed by atoms with Crippen LogP contribution in [0, 0.1) is 10.1 Å². The van der Waals surface area contributed by atoms with E-state index in [1.165, 1.54) is 21.9 Å². The molecule has 0 saturated heterocycles. The summed E-state index contributed by atoms with van der Waals surface area (Å²) in [6.45, 7) is 4.88. The summed E-state index contributed by atoms with van der Waals surface area (Å²) in [4.78, 5) is 52.2. The van der Waals surface area contributed by atoms with Gasteiger partial charge in [-0.05, 0) is 38.8 Å². The Balaban J connectivity index is 1.92. The number of carbonyl (C=O) groups is 3. The van der Waals surface area contributed by atoms with Crippen molar-refractivity contribution in [2.75, 3.05) is 24.5 Å². The first kappa shape index (κ1) is 24.8. The van der Waals surface area contributed by atoms with Gasteiger partial charge in [-0.1, -0.05) is 30.3 Å². The van der Waals surface area contributed by atoms with Gasteiger partial charge in [-0.3, -0.25) is 24.5 Å². The molecule has 0 aromatic heterocycles. The lowest BCUT2D eigenvalue weighted by Crippen LogP contribution is -2.47. The molecule has 34 heavy (non-hydrogen) atoms. The van der Waals surface area contributed by atoms with Crippen molar-refractivity contribution in [3.63, 3.8) is 0 Å². The fraction of sp³-hybridized carbons (Fsp3) is 0.375. The zero-order chi connectivity index (χ0) is 25.0. The van der Waals surface area contributed by atoms with E-state index in [0.29, 0.717) is 0 Å². The van der Waals surface area contributed by atoms with Gasteiger partial charge >= 0.3 is 5.97 Å². The summed E-state index contributed by atoms with van der Waals surface area (Å²) in [6, 6.07) is 12.1. The zero-order valence-corrected chi connectivity index (χ0v) is 19.4. The monoisotopic (exact) mass is 468 g/mol. The van der Waals surface area contributed by atoms with Crippen LogP contribution in [-0.2, 0) is 20.7 Å². The van der Waals surface area contributed by atoms with Crippen LogP contribution in [0.1, 0.15) is 36.7 Å². The highest BCUT2D eigenvalue weighted by atomic mass is 16.6. The lowest BCUT2D eigenvalue weighted by atomic mass is 10.0. The summed E-state index contributed by atoms with van der Waals surface area (Å²) in [6.07, 6.45) is 0.286. The number of nitro groups is 1. The number of esters is 1. The smallest absolute Gasteiger partial charge is 0.326 e. The van der Waals surface area contributed by atoms with Crippen molar-refractivity contribution in [1.29, 1.82) is 0 Å². The quantitative estimate of drug-likeness (QED) is 0.390. The molecule has 1 aliphatic rings. The van der Waals surface area contributed by atoms with Gasteiger partial charge in [0.1, 0.15) is 12.1 Å². The van der Waals surface area contributed by atoms with E-state index >= 15 is 0 Å². The number of ether oxygens (including phenoxy) is 1. The minimum Gasteiger partial charge on any atom is -0.459 e. The standard InChI is InChI=1S/C24H28N4O6/c1-24(2,3)34-21(29)15-26-11-12-27(23(31)19(25)13-16-7-5-4-6-8-16)20-10-9-17(28(32)33)14-18(20)22(26)30/h4-10,14,19H,11-13,15,25H2,1-3H3/t19-/m0/s1. The Labute approximate surface area is 197 Å². The van der Waals surface area contributed by atoms with Gasteiger partial charge in [-0.25, -0.2) is 0 Å². The number of amides is 2. The Morgan fingerprint density at radius 2 is 1.82 bits per heavy atom. The first-order valence-corrected chi connectivity index (χ1v) is 10.9. The molecule has 0 fully saturated rings. The van der Waals surface area contributed by atoms with E-state index < -0.39 is 34.3 Å². The molecule has 0 radical (unpaired) electrons. The van der Waals surface area contributed by atoms with Gasteiger partial charge in [0.05, 0.1) is 22.2 Å². The predicted molar refractivity (Wildman–Crippen MR) is 125 cm³/mol. The van der Waals surface area contributed by atoms with Crippen LogP contribution in [-0.4, -0.2) is 58.9 Å². The van der Waals surface area contributed by atoms with Crippen LogP contribution in [0.4, 0.5) is 11.4 Å². The second kappa shape index (κ2) is 10.0. The molecule has 0 spiro atoms. The van der Waals surface area contributed by atoms with Crippen molar-refractivity contribution in [1.82, 2.24) is 4.90 Å². The molecule has 2 N–H and O–H groups in total. The molecule has 10 heteroatoms. The third kappa shape index (κ3) is 5.96. The minimum absolute atomic E-state index is 0.0321. The summed E-state index contributed by atoms with van der Waals surface area (Å²) in [7, 11) is 0. The Kier molecular flexibility index (Phi) is 7.31. The summed E-state index contributed by atoms with van der Waals surface area (Å²) in [5.74, 6) is -1.64. The SMILES string of the molecule is CC(C)(C)OC(=O)CN1CCN(C(=O)[C@@H](N)Cc2ccccc2)c2ccc([N+](=O)[O-])cc2C1=O. The van der Waals surface area contributed by atoms with Crippen LogP contribution in [0.15, 0.2) is 48.5 Å². The number of nitrogens with two attached hydrogens (primary N) is 1. The number of nitro benzene ring substituents is 1. The molecule has 1 atom stereocenters. The van der Waals surface area contributed by atoms with Gasteiger partial charge in [0.2, 0.25) is 5.91 Å². The highest BCUT2D eigenvalue weighted by Crippen LogP contribution is 2.30. The Morgan fingerprint density at radius 3 is 2.44 bits per heavy atom. The van der Waals surface area contributed by atoms with Crippen LogP contribution >= 0.6 is 0 Å². The molecule has 0 unspecified atom stereocenters. The number of hydrogen-bond acceptors (Lipinski definition) is 7. The first-order valence-electron chi connectivity index (χ1n) is 10.9. The maximum absolute atomic E-state index is 13.3. The molecule has 0 aliphatic carbocycles. The van der Waals surface area contributed by atoms with Crippen molar-refractivity contribution in [3.05, 3.63) is 69.8 Å². The number of fused-ring (bicyclic) bond motifs is 1. The van der Waals surface area contributed by atoms with E-state index in [-0.39, 0.29) is 43.0 Å². The van der Waals surface area contributed by atoms with Crippen LogP contribution in [0.25, 0.3) is 0 Å². The largest absolute Gasteiger partial charge is 0.459 e.